The number of benzene rings is 2. The third-order valence-electron chi connectivity index (χ3n) is 7.67. The van der Waals surface area contributed by atoms with E-state index in [0.29, 0.717) is 17.8 Å². The van der Waals surface area contributed by atoms with E-state index >= 15 is 0 Å². The first-order valence-electron chi connectivity index (χ1n) is 12.8. The van der Waals surface area contributed by atoms with Crippen molar-refractivity contribution in [2.75, 3.05) is 18.0 Å². The molecule has 2 aromatic heterocycles. The van der Waals surface area contributed by atoms with Crippen molar-refractivity contribution in [3.63, 3.8) is 0 Å². The fraction of sp³-hybridized carbons (Fsp3) is 0.367. The van der Waals surface area contributed by atoms with E-state index < -0.39 is 5.60 Å². The second-order valence-electron chi connectivity index (χ2n) is 11.4. The summed E-state index contributed by atoms with van der Waals surface area (Å²) in [6, 6.07) is 20.7. The second-order valence-corrected chi connectivity index (χ2v) is 11.4. The zero-order valence-electron chi connectivity index (χ0n) is 21.7. The topological polar surface area (TPSA) is 82.7 Å². The number of hydrogen-bond acceptors (Lipinski definition) is 5. The van der Waals surface area contributed by atoms with Gasteiger partial charge in [-0.1, -0.05) is 42.5 Å². The summed E-state index contributed by atoms with van der Waals surface area (Å²) >= 11 is 0. The number of rotatable bonds is 3. The van der Waals surface area contributed by atoms with Crippen LogP contribution in [0.5, 0.6) is 0 Å². The Morgan fingerprint density at radius 2 is 1.84 bits per heavy atom. The standard InChI is InChI=1S/C30H31N5O2/c1-19-21(16-31)26-32-22-12-8-9-13-23(22)35(26)27(25(19)20-10-6-5-7-11-20)34-17-24(30(18-34)14-15-30)33-28(36)37-29(2,3)4/h5-13,24H,14-15,17-18H2,1-4H3,(H,33,36)/t24-/m1/s1. The number of para-hydroxylation sites is 2. The first-order chi connectivity index (χ1) is 17.7. The Bertz CT molecular complexity index is 1570. The third-order valence-corrected chi connectivity index (χ3v) is 7.67. The highest BCUT2D eigenvalue weighted by Gasteiger charge is 2.56. The fourth-order valence-electron chi connectivity index (χ4n) is 5.81. The monoisotopic (exact) mass is 493 g/mol. The van der Waals surface area contributed by atoms with E-state index in [1.165, 1.54) is 0 Å². The zero-order valence-corrected chi connectivity index (χ0v) is 21.7. The number of aromatic nitrogens is 2. The van der Waals surface area contributed by atoms with E-state index in [4.69, 9.17) is 9.72 Å². The van der Waals surface area contributed by atoms with Crippen LogP contribution in [0.15, 0.2) is 54.6 Å². The van der Waals surface area contributed by atoms with E-state index in [1.54, 1.807) is 0 Å². The van der Waals surface area contributed by atoms with Gasteiger partial charge in [0.25, 0.3) is 0 Å². The number of ether oxygens (including phenoxy) is 1. The van der Waals surface area contributed by atoms with Gasteiger partial charge in [-0.2, -0.15) is 5.26 Å². The molecule has 1 N–H and O–H groups in total. The number of pyridine rings is 1. The van der Waals surface area contributed by atoms with E-state index in [9.17, 15) is 10.1 Å². The molecule has 188 valence electrons. The minimum atomic E-state index is -0.550. The molecule has 4 aromatic rings. The maximum Gasteiger partial charge on any atom is 0.407 e. The van der Waals surface area contributed by atoms with Gasteiger partial charge in [0.2, 0.25) is 0 Å². The Morgan fingerprint density at radius 1 is 1.14 bits per heavy atom. The minimum absolute atomic E-state index is 0.0215. The number of alkyl carbamates (subject to hydrolysis) is 1. The minimum Gasteiger partial charge on any atom is -0.444 e. The lowest BCUT2D eigenvalue weighted by molar-refractivity contribution is 0.0493. The van der Waals surface area contributed by atoms with E-state index in [0.717, 1.165) is 52.9 Å². The summed E-state index contributed by atoms with van der Waals surface area (Å²) in [4.78, 5) is 20.0. The number of hydrogen-bond donors (Lipinski definition) is 1. The van der Waals surface area contributed by atoms with Gasteiger partial charge in [0.1, 0.15) is 17.5 Å². The smallest absolute Gasteiger partial charge is 0.407 e. The number of amides is 1. The number of nitriles is 1. The molecule has 1 saturated carbocycles. The average molecular weight is 494 g/mol. The number of carbonyl (C=O) groups excluding carboxylic acids is 1. The van der Waals surface area contributed by atoms with E-state index in [2.05, 4.69) is 38.9 Å². The van der Waals surface area contributed by atoms with Crippen molar-refractivity contribution in [2.45, 2.75) is 52.2 Å². The molecule has 0 bridgehead atoms. The molecule has 0 radical (unpaired) electrons. The van der Waals surface area contributed by atoms with Crippen LogP contribution in [0.25, 0.3) is 27.8 Å². The van der Waals surface area contributed by atoms with Gasteiger partial charge in [-0.15, -0.1) is 0 Å². The van der Waals surface area contributed by atoms with Crippen LogP contribution in [0.4, 0.5) is 10.6 Å². The van der Waals surface area contributed by atoms with Crippen molar-refractivity contribution in [1.29, 1.82) is 5.26 Å². The van der Waals surface area contributed by atoms with Gasteiger partial charge in [-0.25, -0.2) is 9.78 Å². The quantitative estimate of drug-likeness (QED) is 0.388. The van der Waals surface area contributed by atoms with Crippen molar-refractivity contribution in [3.05, 3.63) is 65.7 Å². The molecule has 1 aliphatic carbocycles. The Kier molecular flexibility index (Phi) is 5.20. The third kappa shape index (κ3) is 3.88. The molecule has 6 rings (SSSR count). The van der Waals surface area contributed by atoms with Gasteiger partial charge in [-0.3, -0.25) is 4.40 Å². The lowest BCUT2D eigenvalue weighted by atomic mass is 9.97. The summed E-state index contributed by atoms with van der Waals surface area (Å²) in [6.07, 6.45) is 1.75. The van der Waals surface area contributed by atoms with Crippen LogP contribution in [0.3, 0.4) is 0 Å². The number of fused-ring (bicyclic) bond motifs is 3. The summed E-state index contributed by atoms with van der Waals surface area (Å²) in [5.41, 5.74) is 5.55. The summed E-state index contributed by atoms with van der Waals surface area (Å²) in [5, 5.41) is 13.4. The van der Waals surface area contributed by atoms with Crippen LogP contribution < -0.4 is 10.2 Å². The lowest BCUT2D eigenvalue weighted by Gasteiger charge is -2.26. The molecule has 37 heavy (non-hydrogen) atoms. The van der Waals surface area contributed by atoms with E-state index in [1.807, 2.05) is 64.1 Å². The first kappa shape index (κ1) is 23.4. The Morgan fingerprint density at radius 3 is 2.51 bits per heavy atom. The van der Waals surface area contributed by atoms with Gasteiger partial charge < -0.3 is 15.0 Å². The van der Waals surface area contributed by atoms with Gasteiger partial charge in [0.05, 0.1) is 22.6 Å². The highest BCUT2D eigenvalue weighted by atomic mass is 16.6. The zero-order chi connectivity index (χ0) is 25.9. The number of nitrogens with one attached hydrogen (secondary N) is 1. The van der Waals surface area contributed by atoms with Crippen LogP contribution in [0.1, 0.15) is 44.7 Å². The molecule has 1 spiro atoms. The molecule has 1 aliphatic heterocycles. The van der Waals surface area contributed by atoms with E-state index in [-0.39, 0.29) is 17.6 Å². The first-order valence-corrected chi connectivity index (χ1v) is 12.8. The van der Waals surface area contributed by atoms with Gasteiger partial charge in [0.15, 0.2) is 5.65 Å². The molecular formula is C30H31N5O2. The van der Waals surface area contributed by atoms with Crippen molar-refractivity contribution >= 4 is 28.6 Å². The Labute approximate surface area is 216 Å². The van der Waals surface area contributed by atoms with Crippen LogP contribution in [0.2, 0.25) is 0 Å². The number of anilines is 1. The number of imidazole rings is 1. The molecule has 2 aliphatic rings. The molecule has 0 unspecified atom stereocenters. The molecule has 7 heteroatoms. The van der Waals surface area contributed by atoms with Gasteiger partial charge >= 0.3 is 6.09 Å². The fourth-order valence-corrected chi connectivity index (χ4v) is 5.81. The highest BCUT2D eigenvalue weighted by Crippen LogP contribution is 2.55. The van der Waals surface area contributed by atoms with Crippen LogP contribution >= 0.6 is 0 Å². The largest absolute Gasteiger partial charge is 0.444 e. The predicted octanol–water partition coefficient (Wildman–Crippen LogP) is 5.83. The average Bonchev–Trinajstić information content (AvgIpc) is 3.41. The van der Waals surface area contributed by atoms with Crippen molar-refractivity contribution in [3.8, 4) is 17.2 Å². The number of carbonyl (C=O) groups is 1. The Hall–Kier alpha value is -4.05. The molecular weight excluding hydrogens is 462 g/mol. The molecule has 1 atom stereocenters. The summed E-state index contributed by atoms with van der Waals surface area (Å²) in [5.74, 6) is 1.02. The van der Waals surface area contributed by atoms with Crippen molar-refractivity contribution in [2.24, 2.45) is 5.41 Å². The molecule has 3 heterocycles. The lowest BCUT2D eigenvalue weighted by Crippen LogP contribution is -2.44. The molecule has 2 fully saturated rings. The maximum absolute atomic E-state index is 12.7. The van der Waals surface area contributed by atoms with Crippen molar-refractivity contribution < 1.29 is 9.53 Å². The molecule has 7 nitrogen and oxygen atoms in total. The van der Waals surface area contributed by atoms with Crippen LogP contribution in [0, 0.1) is 23.7 Å². The Balaban J connectivity index is 1.55. The van der Waals surface area contributed by atoms with Gasteiger partial charge in [0, 0.05) is 24.1 Å². The normalized spacial score (nSPS) is 18.4. The SMILES string of the molecule is Cc1c(-c2ccccc2)c(N2C[C@@H](NC(=O)OC(C)(C)C)C3(CC3)C2)n2c(nc3ccccc32)c1C#N. The second kappa shape index (κ2) is 8.24. The number of nitrogens with zero attached hydrogens (tertiary/aromatic N) is 4. The maximum atomic E-state index is 12.7. The molecule has 1 saturated heterocycles. The molecule has 1 amide bonds. The molecule has 2 aromatic carbocycles. The predicted molar refractivity (Wildman–Crippen MR) is 145 cm³/mol. The van der Waals surface area contributed by atoms with Crippen LogP contribution in [-0.2, 0) is 4.74 Å². The van der Waals surface area contributed by atoms with Crippen LogP contribution in [-0.4, -0.2) is 40.2 Å². The summed E-state index contributed by atoms with van der Waals surface area (Å²) in [6.45, 7) is 9.14. The van der Waals surface area contributed by atoms with Crippen molar-refractivity contribution in [1.82, 2.24) is 14.7 Å². The van der Waals surface area contributed by atoms with Gasteiger partial charge in [-0.05, 0) is 63.8 Å². The summed E-state index contributed by atoms with van der Waals surface area (Å²) < 4.78 is 7.75. The highest BCUT2D eigenvalue weighted by molar-refractivity contribution is 5.92. The summed E-state index contributed by atoms with van der Waals surface area (Å²) in [7, 11) is 0.